The zero-order valence-corrected chi connectivity index (χ0v) is 12.6. The van der Waals surface area contributed by atoms with Crippen LogP contribution in [0.4, 0.5) is 14.5 Å². The maximum absolute atomic E-state index is 12.6. The maximum atomic E-state index is 12.6. The summed E-state index contributed by atoms with van der Waals surface area (Å²) in [5.74, 6) is -2.98. The van der Waals surface area contributed by atoms with Gasteiger partial charge >= 0.3 is 0 Å². The minimum atomic E-state index is -2.61. The fraction of sp³-hybridized carbons (Fsp3) is 0.133. The first-order valence-electron chi connectivity index (χ1n) is 6.08. The lowest BCUT2D eigenvalue weighted by Gasteiger charge is -2.12. The summed E-state index contributed by atoms with van der Waals surface area (Å²) in [6.45, 7) is 1.91. The molecule has 2 aromatic carbocycles. The van der Waals surface area contributed by atoms with Gasteiger partial charge in [0.05, 0.1) is 15.6 Å². The third kappa shape index (κ3) is 4.19. The number of aryl methyl sites for hydroxylation is 1. The molecule has 0 saturated heterocycles. The molecule has 0 radical (unpaired) electrons. The molecule has 0 atom stereocenters. The number of nitrogens with one attached hydrogen (secondary N) is 1. The molecule has 2 aromatic rings. The van der Waals surface area contributed by atoms with Crippen LogP contribution in [0.25, 0.3) is 0 Å². The molecule has 0 spiro atoms. The van der Waals surface area contributed by atoms with Gasteiger partial charge in [-0.1, -0.05) is 47.1 Å². The fourth-order valence-corrected chi connectivity index (χ4v) is 2.63. The van der Waals surface area contributed by atoms with Gasteiger partial charge in [0.1, 0.15) is 0 Å². The SMILES string of the molecule is Cc1ccc(C(=O)Nc2cccc(Cl)c2SC(F)F)cc1. The maximum Gasteiger partial charge on any atom is 0.289 e. The van der Waals surface area contributed by atoms with Crippen molar-refractivity contribution in [3.05, 3.63) is 58.6 Å². The lowest BCUT2D eigenvalue weighted by molar-refractivity contribution is 0.102. The second-order valence-electron chi connectivity index (χ2n) is 4.32. The minimum Gasteiger partial charge on any atom is -0.321 e. The Hall–Kier alpha value is -1.59. The van der Waals surface area contributed by atoms with Gasteiger partial charge in [-0.05, 0) is 31.2 Å². The summed E-state index contributed by atoms with van der Waals surface area (Å²) < 4.78 is 25.2. The van der Waals surface area contributed by atoms with E-state index >= 15 is 0 Å². The first-order chi connectivity index (χ1) is 9.97. The van der Waals surface area contributed by atoms with E-state index in [9.17, 15) is 13.6 Å². The molecule has 110 valence electrons. The Morgan fingerprint density at radius 3 is 2.48 bits per heavy atom. The number of alkyl halides is 2. The average Bonchev–Trinajstić information content (AvgIpc) is 2.43. The number of carbonyl (C=O) groups is 1. The first-order valence-corrected chi connectivity index (χ1v) is 7.34. The number of thioether (sulfide) groups is 1. The quantitative estimate of drug-likeness (QED) is 0.780. The predicted octanol–water partition coefficient (Wildman–Crippen LogP) is 5.22. The van der Waals surface area contributed by atoms with Gasteiger partial charge in [-0.2, -0.15) is 8.78 Å². The molecule has 1 amide bonds. The third-order valence-corrected chi connectivity index (χ3v) is 4.02. The molecule has 0 heterocycles. The highest BCUT2D eigenvalue weighted by Crippen LogP contribution is 2.37. The lowest BCUT2D eigenvalue weighted by Crippen LogP contribution is -2.12. The highest BCUT2D eigenvalue weighted by atomic mass is 35.5. The van der Waals surface area contributed by atoms with Crippen LogP contribution >= 0.6 is 23.4 Å². The van der Waals surface area contributed by atoms with Crippen LogP contribution in [0, 0.1) is 6.92 Å². The number of carbonyl (C=O) groups excluding carboxylic acids is 1. The van der Waals surface area contributed by atoms with Gasteiger partial charge < -0.3 is 5.32 Å². The Morgan fingerprint density at radius 2 is 1.86 bits per heavy atom. The van der Waals surface area contributed by atoms with Crippen LogP contribution in [0.1, 0.15) is 15.9 Å². The normalized spacial score (nSPS) is 10.7. The molecule has 1 N–H and O–H groups in total. The Kier molecular flexibility index (Phi) is 5.20. The highest BCUT2D eigenvalue weighted by Gasteiger charge is 2.16. The molecule has 0 aliphatic rings. The standard InChI is InChI=1S/C15H12ClF2NOS/c1-9-5-7-10(8-6-9)14(20)19-12-4-2-3-11(16)13(12)21-15(17)18/h2-8,15H,1H3,(H,19,20). The minimum absolute atomic E-state index is 0.162. The summed E-state index contributed by atoms with van der Waals surface area (Å²) >= 11 is 6.23. The van der Waals surface area contributed by atoms with Crippen molar-refractivity contribution in [1.29, 1.82) is 0 Å². The van der Waals surface area contributed by atoms with Gasteiger partial charge in [0.15, 0.2) is 0 Å². The van der Waals surface area contributed by atoms with Crippen LogP contribution < -0.4 is 5.32 Å². The summed E-state index contributed by atoms with van der Waals surface area (Å²) in [6, 6.07) is 11.6. The van der Waals surface area contributed by atoms with E-state index < -0.39 is 5.76 Å². The summed E-state index contributed by atoms with van der Waals surface area (Å²) in [6.07, 6.45) is 0. The molecular formula is C15H12ClF2NOS. The van der Waals surface area contributed by atoms with E-state index in [1.807, 2.05) is 19.1 Å². The molecule has 0 fully saturated rings. The third-order valence-electron chi connectivity index (χ3n) is 2.74. The van der Waals surface area contributed by atoms with Gasteiger partial charge in [-0.3, -0.25) is 4.79 Å². The van der Waals surface area contributed by atoms with E-state index in [4.69, 9.17) is 11.6 Å². The van der Waals surface area contributed by atoms with Crippen molar-refractivity contribution in [3.63, 3.8) is 0 Å². The Morgan fingerprint density at radius 1 is 1.19 bits per heavy atom. The van der Waals surface area contributed by atoms with E-state index in [0.717, 1.165) is 5.56 Å². The summed E-state index contributed by atoms with van der Waals surface area (Å²) in [7, 11) is 0. The van der Waals surface area contributed by atoms with Crippen LogP contribution in [0.2, 0.25) is 5.02 Å². The molecule has 0 bridgehead atoms. The number of rotatable bonds is 4. The van der Waals surface area contributed by atoms with Gasteiger partial charge in [0.25, 0.3) is 11.7 Å². The summed E-state index contributed by atoms with van der Waals surface area (Å²) in [4.78, 5) is 12.3. The van der Waals surface area contributed by atoms with Crippen LogP contribution in [-0.4, -0.2) is 11.7 Å². The molecule has 0 aliphatic carbocycles. The predicted molar refractivity (Wildman–Crippen MR) is 82.4 cm³/mol. The molecule has 0 aliphatic heterocycles. The lowest BCUT2D eigenvalue weighted by atomic mass is 10.1. The largest absolute Gasteiger partial charge is 0.321 e. The number of halogens is 3. The van der Waals surface area contributed by atoms with Crippen LogP contribution in [0.15, 0.2) is 47.4 Å². The highest BCUT2D eigenvalue weighted by molar-refractivity contribution is 7.99. The van der Waals surface area contributed by atoms with Crippen molar-refractivity contribution in [3.8, 4) is 0 Å². The number of anilines is 1. The first kappa shape index (κ1) is 15.8. The van der Waals surface area contributed by atoms with E-state index in [0.29, 0.717) is 17.3 Å². The van der Waals surface area contributed by atoms with Gasteiger partial charge in [-0.25, -0.2) is 0 Å². The fourth-order valence-electron chi connectivity index (χ4n) is 1.72. The number of hydrogen-bond acceptors (Lipinski definition) is 2. The number of amides is 1. The molecule has 6 heteroatoms. The number of benzene rings is 2. The monoisotopic (exact) mass is 327 g/mol. The molecule has 2 nitrogen and oxygen atoms in total. The zero-order valence-electron chi connectivity index (χ0n) is 11.1. The van der Waals surface area contributed by atoms with E-state index in [1.165, 1.54) is 6.07 Å². The van der Waals surface area contributed by atoms with Gasteiger partial charge in [-0.15, -0.1) is 0 Å². The van der Waals surface area contributed by atoms with Crippen molar-refractivity contribution < 1.29 is 13.6 Å². The second-order valence-corrected chi connectivity index (χ2v) is 5.72. The summed E-state index contributed by atoms with van der Waals surface area (Å²) in [5, 5.41) is 2.80. The smallest absolute Gasteiger partial charge is 0.289 e. The van der Waals surface area contributed by atoms with Crippen molar-refractivity contribution in [2.75, 3.05) is 5.32 Å². The van der Waals surface area contributed by atoms with Crippen LogP contribution in [0.3, 0.4) is 0 Å². The Labute approximate surface area is 130 Å². The van der Waals surface area contributed by atoms with Crippen molar-refractivity contribution >= 4 is 35.0 Å². The molecular weight excluding hydrogens is 316 g/mol. The van der Waals surface area contributed by atoms with Gasteiger partial charge in [0.2, 0.25) is 0 Å². The van der Waals surface area contributed by atoms with Gasteiger partial charge in [0, 0.05) is 5.56 Å². The topological polar surface area (TPSA) is 29.1 Å². The van der Waals surface area contributed by atoms with E-state index in [-0.39, 0.29) is 21.5 Å². The summed E-state index contributed by atoms with van der Waals surface area (Å²) in [5.41, 5.74) is 1.76. The van der Waals surface area contributed by atoms with Crippen molar-refractivity contribution in [2.45, 2.75) is 17.6 Å². The van der Waals surface area contributed by atoms with Crippen LogP contribution in [-0.2, 0) is 0 Å². The zero-order chi connectivity index (χ0) is 15.4. The van der Waals surface area contributed by atoms with Crippen LogP contribution in [0.5, 0.6) is 0 Å². The number of hydrogen-bond donors (Lipinski definition) is 1. The second kappa shape index (κ2) is 6.91. The molecule has 21 heavy (non-hydrogen) atoms. The molecule has 0 saturated carbocycles. The van der Waals surface area contributed by atoms with E-state index in [2.05, 4.69) is 5.32 Å². The average molecular weight is 328 g/mol. The van der Waals surface area contributed by atoms with Crippen molar-refractivity contribution in [2.24, 2.45) is 0 Å². The van der Waals surface area contributed by atoms with E-state index in [1.54, 1.807) is 24.3 Å². The molecule has 0 unspecified atom stereocenters. The Bertz CT molecular complexity index is 647. The molecule has 2 rings (SSSR count). The molecule has 0 aromatic heterocycles. The van der Waals surface area contributed by atoms with Crippen molar-refractivity contribution in [1.82, 2.24) is 0 Å². The Balaban J connectivity index is 2.24.